The maximum atomic E-state index is 5.70. The molecule has 0 aromatic carbocycles. The van der Waals surface area contributed by atoms with E-state index in [0.717, 1.165) is 29.5 Å². The van der Waals surface area contributed by atoms with Crippen LogP contribution in [0.2, 0.25) is 0 Å². The normalized spacial score (nSPS) is 13.1. The van der Waals surface area contributed by atoms with Crippen LogP contribution >= 0.6 is 0 Å². The second-order valence-corrected chi connectivity index (χ2v) is 5.54. The van der Waals surface area contributed by atoms with Crippen molar-refractivity contribution >= 4 is 0 Å². The fourth-order valence-corrected chi connectivity index (χ4v) is 2.38. The first-order valence-corrected chi connectivity index (χ1v) is 6.91. The van der Waals surface area contributed by atoms with Gasteiger partial charge in [-0.3, -0.25) is 11.3 Å². The minimum Gasteiger partial charge on any atom is -0.466 e. The van der Waals surface area contributed by atoms with Crippen molar-refractivity contribution in [2.24, 2.45) is 11.8 Å². The van der Waals surface area contributed by atoms with Crippen LogP contribution in [0.1, 0.15) is 42.8 Å². The number of nitrogens with one attached hydrogen (secondary N) is 1. The maximum Gasteiger partial charge on any atom is 0.138 e. The second kappa shape index (κ2) is 6.19. The van der Waals surface area contributed by atoms with Crippen LogP contribution in [0.4, 0.5) is 0 Å². The number of rotatable bonds is 6. The molecule has 2 aromatic heterocycles. The third-order valence-corrected chi connectivity index (χ3v) is 3.28. The lowest BCUT2D eigenvalue weighted by Crippen LogP contribution is -2.30. The average Bonchev–Trinajstić information content (AvgIpc) is 2.92. The van der Waals surface area contributed by atoms with Crippen LogP contribution in [0.25, 0.3) is 0 Å². The van der Waals surface area contributed by atoms with Gasteiger partial charge >= 0.3 is 0 Å². The SMILES string of the molecule is Cc1cc(C(Cc2ncnn2CC(C)C)NN)c(C)o1. The van der Waals surface area contributed by atoms with Crippen LogP contribution in [0.15, 0.2) is 16.8 Å². The van der Waals surface area contributed by atoms with Gasteiger partial charge in [-0.05, 0) is 25.8 Å². The maximum absolute atomic E-state index is 5.70. The summed E-state index contributed by atoms with van der Waals surface area (Å²) in [6, 6.07) is 1.99. The lowest BCUT2D eigenvalue weighted by molar-refractivity contribution is 0.441. The Bertz CT molecular complexity index is 558. The van der Waals surface area contributed by atoms with Gasteiger partial charge in [-0.2, -0.15) is 5.10 Å². The van der Waals surface area contributed by atoms with E-state index >= 15 is 0 Å². The third-order valence-electron chi connectivity index (χ3n) is 3.28. The summed E-state index contributed by atoms with van der Waals surface area (Å²) in [5.74, 6) is 8.94. The van der Waals surface area contributed by atoms with Gasteiger partial charge in [-0.25, -0.2) is 9.67 Å². The van der Waals surface area contributed by atoms with E-state index in [1.54, 1.807) is 6.33 Å². The van der Waals surface area contributed by atoms with Crippen molar-refractivity contribution < 1.29 is 4.42 Å². The molecule has 20 heavy (non-hydrogen) atoms. The fraction of sp³-hybridized carbons (Fsp3) is 0.571. The highest BCUT2D eigenvalue weighted by Crippen LogP contribution is 2.23. The molecule has 0 bridgehead atoms. The van der Waals surface area contributed by atoms with Gasteiger partial charge in [0.2, 0.25) is 0 Å². The molecule has 1 atom stereocenters. The molecule has 0 aliphatic carbocycles. The standard InChI is InChI=1S/C14H23N5O/c1-9(2)7-19-14(16-8-17-19)6-13(18-15)12-5-10(3)20-11(12)4/h5,8-9,13,18H,6-7,15H2,1-4H3. The minimum atomic E-state index is -0.0254. The lowest BCUT2D eigenvalue weighted by atomic mass is 10.0. The number of aryl methyl sites for hydroxylation is 2. The summed E-state index contributed by atoms with van der Waals surface area (Å²) < 4.78 is 7.51. The quantitative estimate of drug-likeness (QED) is 0.622. The molecule has 0 spiro atoms. The molecule has 110 valence electrons. The Morgan fingerprint density at radius 1 is 1.40 bits per heavy atom. The van der Waals surface area contributed by atoms with Crippen molar-refractivity contribution in [3.63, 3.8) is 0 Å². The molecule has 2 rings (SSSR count). The zero-order valence-electron chi connectivity index (χ0n) is 12.6. The average molecular weight is 277 g/mol. The van der Waals surface area contributed by atoms with Crippen molar-refractivity contribution in [1.82, 2.24) is 20.2 Å². The molecule has 2 aromatic rings. The molecule has 0 saturated heterocycles. The minimum absolute atomic E-state index is 0.0254. The number of nitrogens with two attached hydrogens (primary N) is 1. The summed E-state index contributed by atoms with van der Waals surface area (Å²) >= 11 is 0. The molecule has 0 fully saturated rings. The molecule has 6 nitrogen and oxygen atoms in total. The van der Waals surface area contributed by atoms with E-state index in [1.807, 2.05) is 24.6 Å². The summed E-state index contributed by atoms with van der Waals surface area (Å²) in [5, 5.41) is 4.28. The first-order chi connectivity index (χ1) is 9.51. The molecule has 0 aliphatic heterocycles. The van der Waals surface area contributed by atoms with Crippen molar-refractivity contribution in [1.29, 1.82) is 0 Å². The van der Waals surface area contributed by atoms with Gasteiger partial charge in [0.25, 0.3) is 0 Å². The monoisotopic (exact) mass is 277 g/mol. The van der Waals surface area contributed by atoms with Crippen LogP contribution in [-0.4, -0.2) is 14.8 Å². The van der Waals surface area contributed by atoms with E-state index in [-0.39, 0.29) is 6.04 Å². The zero-order chi connectivity index (χ0) is 14.7. The van der Waals surface area contributed by atoms with E-state index < -0.39 is 0 Å². The van der Waals surface area contributed by atoms with E-state index in [4.69, 9.17) is 10.3 Å². The Morgan fingerprint density at radius 3 is 2.70 bits per heavy atom. The molecule has 0 saturated carbocycles. The molecule has 6 heteroatoms. The highest BCUT2D eigenvalue weighted by Gasteiger charge is 2.19. The predicted molar refractivity (Wildman–Crippen MR) is 76.8 cm³/mol. The molecule has 2 heterocycles. The van der Waals surface area contributed by atoms with Crippen LogP contribution in [0, 0.1) is 19.8 Å². The highest BCUT2D eigenvalue weighted by molar-refractivity contribution is 5.24. The van der Waals surface area contributed by atoms with E-state index in [2.05, 4.69) is 29.4 Å². The molecular formula is C14H23N5O. The Kier molecular flexibility index (Phi) is 4.57. The second-order valence-electron chi connectivity index (χ2n) is 5.54. The van der Waals surface area contributed by atoms with Gasteiger partial charge < -0.3 is 4.42 Å². The van der Waals surface area contributed by atoms with Crippen LogP contribution in [-0.2, 0) is 13.0 Å². The van der Waals surface area contributed by atoms with Crippen molar-refractivity contribution in [2.75, 3.05) is 0 Å². The summed E-state index contributed by atoms with van der Waals surface area (Å²) in [4.78, 5) is 4.34. The number of hydrogen-bond donors (Lipinski definition) is 2. The smallest absolute Gasteiger partial charge is 0.138 e. The topological polar surface area (TPSA) is 81.9 Å². The van der Waals surface area contributed by atoms with Gasteiger partial charge in [0.05, 0.1) is 6.04 Å². The molecule has 1 unspecified atom stereocenters. The molecule has 3 N–H and O–H groups in total. The van der Waals surface area contributed by atoms with Gasteiger partial charge in [-0.15, -0.1) is 0 Å². The zero-order valence-corrected chi connectivity index (χ0v) is 12.6. The Balaban J connectivity index is 2.18. The summed E-state index contributed by atoms with van der Waals surface area (Å²) in [6.45, 7) is 9.06. The Hall–Kier alpha value is -1.66. The molecular weight excluding hydrogens is 254 g/mol. The summed E-state index contributed by atoms with van der Waals surface area (Å²) in [7, 11) is 0. The number of nitrogens with zero attached hydrogens (tertiary/aromatic N) is 3. The van der Waals surface area contributed by atoms with Gasteiger partial charge in [-0.1, -0.05) is 13.8 Å². The van der Waals surface area contributed by atoms with Crippen LogP contribution < -0.4 is 11.3 Å². The van der Waals surface area contributed by atoms with Crippen molar-refractivity contribution in [3.8, 4) is 0 Å². The van der Waals surface area contributed by atoms with Gasteiger partial charge in [0.1, 0.15) is 23.7 Å². The summed E-state index contributed by atoms with van der Waals surface area (Å²) in [5.41, 5.74) is 3.92. The fourth-order valence-electron chi connectivity index (χ4n) is 2.38. The number of hydrogen-bond acceptors (Lipinski definition) is 5. The molecule has 0 aliphatic rings. The molecule has 0 amide bonds. The first kappa shape index (κ1) is 14.7. The lowest BCUT2D eigenvalue weighted by Gasteiger charge is -2.16. The van der Waals surface area contributed by atoms with Gasteiger partial charge in [0.15, 0.2) is 0 Å². The largest absolute Gasteiger partial charge is 0.466 e. The Labute approximate surface area is 119 Å². The van der Waals surface area contributed by atoms with Crippen LogP contribution in [0.5, 0.6) is 0 Å². The number of furan rings is 1. The number of hydrazine groups is 1. The number of aromatic nitrogens is 3. The molecule has 0 radical (unpaired) electrons. The van der Waals surface area contributed by atoms with E-state index in [0.29, 0.717) is 12.3 Å². The van der Waals surface area contributed by atoms with Crippen molar-refractivity contribution in [2.45, 2.75) is 46.7 Å². The third kappa shape index (κ3) is 3.26. The Morgan fingerprint density at radius 2 is 2.15 bits per heavy atom. The van der Waals surface area contributed by atoms with E-state index in [1.165, 1.54) is 0 Å². The highest BCUT2D eigenvalue weighted by atomic mass is 16.3. The van der Waals surface area contributed by atoms with Gasteiger partial charge in [0, 0.05) is 18.5 Å². The van der Waals surface area contributed by atoms with Crippen LogP contribution in [0.3, 0.4) is 0 Å². The first-order valence-electron chi connectivity index (χ1n) is 6.91. The van der Waals surface area contributed by atoms with E-state index in [9.17, 15) is 0 Å². The predicted octanol–water partition coefficient (Wildman–Crippen LogP) is 1.89. The summed E-state index contributed by atoms with van der Waals surface area (Å²) in [6.07, 6.45) is 2.28. The van der Waals surface area contributed by atoms with Crippen molar-refractivity contribution in [3.05, 3.63) is 35.3 Å².